The summed E-state index contributed by atoms with van der Waals surface area (Å²) in [7, 11) is 0. The Morgan fingerprint density at radius 1 is 1.53 bits per heavy atom. The van der Waals surface area contributed by atoms with Gasteiger partial charge in [0, 0.05) is 5.92 Å². The van der Waals surface area contributed by atoms with Gasteiger partial charge in [-0.3, -0.25) is 4.79 Å². The molecule has 1 heterocycles. The second-order valence-corrected chi connectivity index (χ2v) is 3.77. The lowest BCUT2D eigenvalue weighted by Crippen LogP contribution is -2.29. The number of hydrogen-bond donors (Lipinski definition) is 3. The molecule has 0 saturated carbocycles. The molecule has 0 fully saturated rings. The summed E-state index contributed by atoms with van der Waals surface area (Å²) in [4.78, 5) is 22.1. The summed E-state index contributed by atoms with van der Waals surface area (Å²) >= 11 is 0. The third kappa shape index (κ3) is 3.92. The van der Waals surface area contributed by atoms with E-state index in [1.54, 1.807) is 6.92 Å². The summed E-state index contributed by atoms with van der Waals surface area (Å²) in [6.07, 6.45) is 0.615. The van der Waals surface area contributed by atoms with Crippen molar-refractivity contribution < 1.29 is 19.1 Å². The fraction of sp³-hybridized carbons (Fsp3) is 0.455. The van der Waals surface area contributed by atoms with Crippen molar-refractivity contribution in [3.05, 3.63) is 23.7 Å². The first-order valence-corrected chi connectivity index (χ1v) is 5.34. The zero-order valence-corrected chi connectivity index (χ0v) is 9.60. The highest BCUT2D eigenvalue weighted by molar-refractivity contribution is 5.84. The van der Waals surface area contributed by atoms with E-state index in [1.165, 1.54) is 12.1 Å². The molecule has 4 N–H and O–H groups in total. The van der Waals surface area contributed by atoms with Crippen molar-refractivity contribution in [3.63, 3.8) is 0 Å². The Balaban J connectivity index is 2.44. The largest absolute Gasteiger partial charge is 0.475 e. The molecule has 17 heavy (non-hydrogen) atoms. The minimum Gasteiger partial charge on any atom is -0.475 e. The fourth-order valence-electron chi connectivity index (χ4n) is 1.32. The summed E-state index contributed by atoms with van der Waals surface area (Å²) in [6.45, 7) is 2.42. The van der Waals surface area contributed by atoms with Gasteiger partial charge in [0.25, 0.3) is 0 Å². The average molecular weight is 240 g/mol. The summed E-state index contributed by atoms with van der Waals surface area (Å²) < 4.78 is 5.00. The zero-order chi connectivity index (χ0) is 12.8. The predicted molar refractivity (Wildman–Crippen MR) is 60.3 cm³/mol. The summed E-state index contributed by atoms with van der Waals surface area (Å²) in [5.41, 5.74) is 5.35. The highest BCUT2D eigenvalue weighted by atomic mass is 16.4. The molecule has 0 spiro atoms. The Bertz CT molecular complexity index is 400. The molecule has 1 amide bonds. The van der Waals surface area contributed by atoms with Gasteiger partial charge in [0.15, 0.2) is 0 Å². The van der Waals surface area contributed by atoms with Gasteiger partial charge >= 0.3 is 5.97 Å². The molecule has 1 unspecified atom stereocenters. The highest BCUT2D eigenvalue weighted by Crippen LogP contribution is 2.08. The van der Waals surface area contributed by atoms with E-state index in [9.17, 15) is 9.59 Å². The third-order valence-corrected chi connectivity index (χ3v) is 2.36. The van der Waals surface area contributed by atoms with Crippen molar-refractivity contribution >= 4 is 11.9 Å². The van der Waals surface area contributed by atoms with Crippen LogP contribution in [0.25, 0.3) is 0 Å². The van der Waals surface area contributed by atoms with E-state index in [1.807, 2.05) is 0 Å². The first kappa shape index (κ1) is 13.2. The molecule has 6 heteroatoms. The Kier molecular flexibility index (Phi) is 4.71. The number of rotatable bonds is 6. The number of carbonyl (C=O) groups is 2. The van der Waals surface area contributed by atoms with Crippen molar-refractivity contribution in [2.45, 2.75) is 19.9 Å². The standard InChI is InChI=1S/C11H16N2O4/c1-7(4-5-12)10(14)13-6-8-2-3-9(17-8)11(15)16/h2-3,7H,4-6,12H2,1H3,(H,13,14)(H,15,16). The van der Waals surface area contributed by atoms with Crippen molar-refractivity contribution in [1.29, 1.82) is 0 Å². The molecule has 0 bridgehead atoms. The van der Waals surface area contributed by atoms with E-state index in [4.69, 9.17) is 15.3 Å². The molecule has 94 valence electrons. The van der Waals surface area contributed by atoms with Gasteiger partial charge in [-0.1, -0.05) is 6.92 Å². The molecule has 1 rings (SSSR count). The summed E-state index contributed by atoms with van der Waals surface area (Å²) in [6, 6.07) is 2.88. The van der Waals surface area contributed by atoms with Gasteiger partial charge in [-0.25, -0.2) is 4.79 Å². The molecule has 0 aliphatic rings. The molecular weight excluding hydrogens is 224 g/mol. The molecule has 0 saturated heterocycles. The SMILES string of the molecule is CC(CCN)C(=O)NCc1ccc(C(=O)O)o1. The molecule has 0 aliphatic carbocycles. The van der Waals surface area contributed by atoms with Gasteiger partial charge in [0.05, 0.1) is 6.54 Å². The van der Waals surface area contributed by atoms with Crippen LogP contribution in [0.1, 0.15) is 29.7 Å². The van der Waals surface area contributed by atoms with E-state index in [-0.39, 0.29) is 24.1 Å². The number of nitrogens with two attached hydrogens (primary N) is 1. The quantitative estimate of drug-likeness (QED) is 0.674. The maximum absolute atomic E-state index is 11.5. The van der Waals surface area contributed by atoms with E-state index in [2.05, 4.69) is 5.32 Å². The Morgan fingerprint density at radius 2 is 2.24 bits per heavy atom. The van der Waals surface area contributed by atoms with Crippen LogP contribution in [-0.2, 0) is 11.3 Å². The first-order chi connectivity index (χ1) is 8.04. The van der Waals surface area contributed by atoms with Crippen LogP contribution in [0, 0.1) is 5.92 Å². The van der Waals surface area contributed by atoms with Crippen LogP contribution in [0.4, 0.5) is 0 Å². The monoisotopic (exact) mass is 240 g/mol. The van der Waals surface area contributed by atoms with E-state index in [0.717, 1.165) is 0 Å². The molecule has 1 aromatic heterocycles. The number of carboxylic acid groups (broad SMARTS) is 1. The topological polar surface area (TPSA) is 106 Å². The second-order valence-electron chi connectivity index (χ2n) is 3.77. The van der Waals surface area contributed by atoms with Gasteiger partial charge in [-0.05, 0) is 25.1 Å². The maximum atomic E-state index is 11.5. The lowest BCUT2D eigenvalue weighted by atomic mass is 10.1. The molecule has 0 aromatic carbocycles. The molecule has 6 nitrogen and oxygen atoms in total. The Morgan fingerprint density at radius 3 is 2.76 bits per heavy atom. The Hall–Kier alpha value is -1.82. The van der Waals surface area contributed by atoms with Crippen molar-refractivity contribution in [2.75, 3.05) is 6.54 Å². The third-order valence-electron chi connectivity index (χ3n) is 2.36. The smallest absolute Gasteiger partial charge is 0.371 e. The van der Waals surface area contributed by atoms with Gasteiger partial charge in [-0.2, -0.15) is 0 Å². The van der Waals surface area contributed by atoms with E-state index < -0.39 is 5.97 Å². The van der Waals surface area contributed by atoms with Gasteiger partial charge < -0.3 is 20.6 Å². The highest BCUT2D eigenvalue weighted by Gasteiger charge is 2.13. The van der Waals surface area contributed by atoms with Crippen LogP contribution in [-0.4, -0.2) is 23.5 Å². The van der Waals surface area contributed by atoms with Crippen LogP contribution in [0.15, 0.2) is 16.5 Å². The maximum Gasteiger partial charge on any atom is 0.371 e. The number of hydrogen-bond acceptors (Lipinski definition) is 4. The van der Waals surface area contributed by atoms with Gasteiger partial charge in [0.1, 0.15) is 5.76 Å². The lowest BCUT2D eigenvalue weighted by Gasteiger charge is -2.09. The van der Waals surface area contributed by atoms with Crippen LogP contribution in [0.5, 0.6) is 0 Å². The summed E-state index contributed by atoms with van der Waals surface area (Å²) in [5, 5.41) is 11.3. The van der Waals surface area contributed by atoms with Crippen LogP contribution >= 0.6 is 0 Å². The average Bonchev–Trinajstić information content (AvgIpc) is 2.75. The summed E-state index contributed by atoms with van der Waals surface area (Å²) in [5.74, 6) is -1.13. The first-order valence-electron chi connectivity index (χ1n) is 5.34. The van der Waals surface area contributed by atoms with E-state index in [0.29, 0.717) is 18.7 Å². The van der Waals surface area contributed by atoms with Crippen molar-refractivity contribution in [3.8, 4) is 0 Å². The minimum absolute atomic E-state index is 0.122. The zero-order valence-electron chi connectivity index (χ0n) is 9.60. The molecular formula is C11H16N2O4. The molecule has 1 aromatic rings. The van der Waals surface area contributed by atoms with Crippen LogP contribution in [0.3, 0.4) is 0 Å². The molecule has 1 atom stereocenters. The lowest BCUT2D eigenvalue weighted by molar-refractivity contribution is -0.124. The van der Waals surface area contributed by atoms with Crippen molar-refractivity contribution in [1.82, 2.24) is 5.32 Å². The van der Waals surface area contributed by atoms with Crippen LogP contribution in [0.2, 0.25) is 0 Å². The van der Waals surface area contributed by atoms with Gasteiger partial charge in [0.2, 0.25) is 11.7 Å². The number of carbonyl (C=O) groups excluding carboxylic acids is 1. The number of nitrogens with one attached hydrogen (secondary N) is 1. The molecule has 0 aliphatic heterocycles. The molecule has 0 radical (unpaired) electrons. The normalized spacial score (nSPS) is 12.1. The Labute approximate surface area is 98.8 Å². The fourth-order valence-corrected chi connectivity index (χ4v) is 1.32. The second kappa shape index (κ2) is 6.05. The number of furan rings is 1. The number of amides is 1. The minimum atomic E-state index is -1.13. The number of aromatic carboxylic acids is 1. The van der Waals surface area contributed by atoms with Gasteiger partial charge in [-0.15, -0.1) is 0 Å². The van der Waals surface area contributed by atoms with Crippen LogP contribution < -0.4 is 11.1 Å². The van der Waals surface area contributed by atoms with Crippen molar-refractivity contribution in [2.24, 2.45) is 11.7 Å². The number of carboxylic acids is 1. The predicted octanol–water partition coefficient (Wildman–Crippen LogP) is 0.579. The van der Waals surface area contributed by atoms with E-state index >= 15 is 0 Å².